The summed E-state index contributed by atoms with van der Waals surface area (Å²) < 4.78 is 0. The Labute approximate surface area is 213 Å². The molecule has 0 radical (unpaired) electrons. The average molecular weight is 493 g/mol. The number of hydrazone groups is 1. The summed E-state index contributed by atoms with van der Waals surface area (Å²) in [6, 6.07) is 15.9. The number of aromatic hydroxyl groups is 1. The molecular weight excluding hydrogens is 456 g/mol. The smallest absolute Gasteiger partial charge is 0.327 e. The second-order valence-electron chi connectivity index (χ2n) is 8.37. The maximum absolute atomic E-state index is 12.3. The van der Waals surface area contributed by atoms with Crippen molar-refractivity contribution in [2.24, 2.45) is 5.10 Å². The van der Waals surface area contributed by atoms with Gasteiger partial charge in [0.1, 0.15) is 5.75 Å². The monoisotopic (exact) mass is 492 g/mol. The third kappa shape index (κ3) is 10.7. The molecule has 1 aliphatic rings. The second-order valence-corrected chi connectivity index (χ2v) is 8.37. The highest BCUT2D eigenvalue weighted by Crippen LogP contribution is 2.21. The summed E-state index contributed by atoms with van der Waals surface area (Å²) in [7, 11) is 0. The predicted octanol–water partition coefficient (Wildman–Crippen LogP) is 3.43. The zero-order valence-electron chi connectivity index (χ0n) is 20.8. The van der Waals surface area contributed by atoms with E-state index in [1.165, 1.54) is 17.9 Å². The van der Waals surface area contributed by atoms with E-state index in [-0.39, 0.29) is 11.7 Å². The zero-order chi connectivity index (χ0) is 26.2. The van der Waals surface area contributed by atoms with Gasteiger partial charge in [0.15, 0.2) is 0 Å². The van der Waals surface area contributed by atoms with Crippen LogP contribution in [0.4, 0.5) is 0 Å². The lowest BCUT2D eigenvalue weighted by atomic mass is 10.1. The number of benzene rings is 2. The molecule has 0 aliphatic carbocycles. The van der Waals surface area contributed by atoms with E-state index in [0.717, 1.165) is 50.8 Å². The predicted molar refractivity (Wildman–Crippen MR) is 143 cm³/mol. The molecule has 0 atom stereocenters. The molecule has 0 aromatic heterocycles. The fourth-order valence-electron chi connectivity index (χ4n) is 3.77. The maximum atomic E-state index is 12.3. The first kappa shape index (κ1) is 28.5. The lowest BCUT2D eigenvalue weighted by Gasteiger charge is -2.21. The molecule has 3 rings (SSSR count). The van der Waals surface area contributed by atoms with Crippen molar-refractivity contribution in [2.75, 3.05) is 32.7 Å². The standard InChI is InChI=1S/C24H30N4O2.C4H6O2/c1-2-8-21-11-6-12-22(24(21)30)17-25-26-23(29)19-28-14-7-13-27(15-16-28)18-20-9-4-3-5-10-20;1-2-3-4(5)6/h2-6,9-12,17,30H,1,7-8,13-16,18-19H2,(H,26,29);2-3H,1H3,(H,5,6)/b25-17+;3-2+. The van der Waals surface area contributed by atoms with Gasteiger partial charge in [0.2, 0.25) is 0 Å². The topological polar surface area (TPSA) is 105 Å². The number of carboxylic acids is 1. The van der Waals surface area contributed by atoms with E-state index >= 15 is 0 Å². The number of carbonyl (C=O) groups excluding carboxylic acids is 1. The van der Waals surface area contributed by atoms with Crippen LogP contribution in [0.2, 0.25) is 0 Å². The maximum Gasteiger partial charge on any atom is 0.327 e. The third-order valence-corrected chi connectivity index (χ3v) is 5.51. The molecule has 1 heterocycles. The Morgan fingerprint density at radius 2 is 1.78 bits per heavy atom. The summed E-state index contributed by atoms with van der Waals surface area (Å²) in [4.78, 5) is 26.4. The summed E-state index contributed by atoms with van der Waals surface area (Å²) >= 11 is 0. The molecule has 8 heteroatoms. The van der Waals surface area contributed by atoms with Gasteiger partial charge in [0, 0.05) is 31.3 Å². The fraction of sp³-hybridized carbons (Fsp3) is 0.321. The van der Waals surface area contributed by atoms with Crippen LogP contribution in [0.25, 0.3) is 0 Å². The average Bonchev–Trinajstić information content (AvgIpc) is 3.07. The normalized spacial score (nSPS) is 14.7. The van der Waals surface area contributed by atoms with Crippen LogP contribution in [0, 0.1) is 0 Å². The lowest BCUT2D eigenvalue weighted by Crippen LogP contribution is -2.37. The zero-order valence-corrected chi connectivity index (χ0v) is 20.8. The minimum Gasteiger partial charge on any atom is -0.507 e. The van der Waals surface area contributed by atoms with Gasteiger partial charge in [-0.3, -0.25) is 14.6 Å². The van der Waals surface area contributed by atoms with E-state index in [0.29, 0.717) is 18.5 Å². The van der Waals surface area contributed by atoms with E-state index in [1.807, 2.05) is 18.2 Å². The van der Waals surface area contributed by atoms with Crippen molar-refractivity contribution in [3.63, 3.8) is 0 Å². The molecule has 1 fully saturated rings. The summed E-state index contributed by atoms with van der Waals surface area (Å²) in [5, 5.41) is 22.1. The number of allylic oxidation sites excluding steroid dienone is 2. The first-order valence-corrected chi connectivity index (χ1v) is 12.0. The van der Waals surface area contributed by atoms with Gasteiger partial charge >= 0.3 is 5.97 Å². The first-order chi connectivity index (χ1) is 17.4. The van der Waals surface area contributed by atoms with Crippen LogP contribution in [0.1, 0.15) is 30.0 Å². The molecule has 1 aliphatic heterocycles. The molecule has 1 saturated heterocycles. The van der Waals surface area contributed by atoms with E-state index < -0.39 is 5.97 Å². The second kappa shape index (κ2) is 16.0. The molecule has 0 bridgehead atoms. The Bertz CT molecular complexity index is 1040. The van der Waals surface area contributed by atoms with Crippen LogP contribution >= 0.6 is 0 Å². The fourth-order valence-corrected chi connectivity index (χ4v) is 3.77. The Kier molecular flexibility index (Phi) is 12.7. The van der Waals surface area contributed by atoms with Crippen molar-refractivity contribution in [1.29, 1.82) is 0 Å². The summed E-state index contributed by atoms with van der Waals surface area (Å²) in [6.07, 6.45) is 7.38. The molecule has 192 valence electrons. The molecule has 0 spiro atoms. The van der Waals surface area contributed by atoms with Crippen LogP contribution in [0.3, 0.4) is 0 Å². The largest absolute Gasteiger partial charge is 0.507 e. The highest BCUT2D eigenvalue weighted by molar-refractivity contribution is 5.86. The summed E-state index contributed by atoms with van der Waals surface area (Å²) in [5.74, 6) is -0.872. The van der Waals surface area contributed by atoms with E-state index in [1.54, 1.807) is 19.1 Å². The van der Waals surface area contributed by atoms with Gasteiger partial charge in [0.25, 0.3) is 5.91 Å². The van der Waals surface area contributed by atoms with Crippen LogP contribution in [-0.2, 0) is 22.6 Å². The number of aliphatic carboxylic acids is 1. The molecule has 0 unspecified atom stereocenters. The van der Waals surface area contributed by atoms with Crippen LogP contribution < -0.4 is 5.43 Å². The first-order valence-electron chi connectivity index (χ1n) is 12.0. The Morgan fingerprint density at radius 3 is 2.44 bits per heavy atom. The summed E-state index contributed by atoms with van der Waals surface area (Å²) in [5.41, 5.74) is 5.24. The number of phenolic OH excluding ortho intramolecular Hbond substituents is 1. The number of nitrogens with one attached hydrogen (secondary N) is 1. The van der Waals surface area contributed by atoms with E-state index in [2.05, 4.69) is 51.2 Å². The van der Waals surface area contributed by atoms with Crippen molar-refractivity contribution in [3.05, 3.63) is 90.0 Å². The number of nitrogens with zero attached hydrogens (tertiary/aromatic N) is 3. The number of phenols is 1. The molecular formula is C28H36N4O4. The van der Waals surface area contributed by atoms with Crippen molar-refractivity contribution in [3.8, 4) is 5.75 Å². The highest BCUT2D eigenvalue weighted by Gasteiger charge is 2.17. The van der Waals surface area contributed by atoms with Gasteiger partial charge < -0.3 is 10.2 Å². The number of carboxylic acid groups (broad SMARTS) is 1. The Hall–Kier alpha value is -3.75. The molecule has 2 aromatic rings. The van der Waals surface area contributed by atoms with Gasteiger partial charge in [-0.2, -0.15) is 5.10 Å². The quantitative estimate of drug-likeness (QED) is 0.214. The van der Waals surface area contributed by atoms with Crippen molar-refractivity contribution in [1.82, 2.24) is 15.2 Å². The van der Waals surface area contributed by atoms with Gasteiger partial charge in [-0.05, 0) is 50.0 Å². The minimum absolute atomic E-state index is 0.149. The van der Waals surface area contributed by atoms with Crippen molar-refractivity contribution >= 4 is 18.1 Å². The number of rotatable bonds is 9. The van der Waals surface area contributed by atoms with Crippen LogP contribution in [0.5, 0.6) is 5.75 Å². The Morgan fingerprint density at radius 1 is 1.06 bits per heavy atom. The van der Waals surface area contributed by atoms with Crippen molar-refractivity contribution < 1.29 is 19.8 Å². The minimum atomic E-state index is -0.891. The lowest BCUT2D eigenvalue weighted by molar-refractivity contribution is -0.131. The number of amides is 1. The Balaban J connectivity index is 0.000000678. The molecule has 0 saturated carbocycles. The molecule has 1 amide bonds. The molecule has 36 heavy (non-hydrogen) atoms. The highest BCUT2D eigenvalue weighted by atomic mass is 16.4. The van der Waals surface area contributed by atoms with E-state index in [4.69, 9.17) is 5.11 Å². The van der Waals surface area contributed by atoms with Gasteiger partial charge in [-0.1, -0.05) is 54.6 Å². The summed E-state index contributed by atoms with van der Waals surface area (Å²) in [6.45, 7) is 10.3. The molecule has 3 N–H and O–H groups in total. The van der Waals surface area contributed by atoms with Gasteiger partial charge in [-0.15, -0.1) is 6.58 Å². The number of hydrogen-bond donors (Lipinski definition) is 3. The SMILES string of the molecule is C/C=C/C(=O)O.C=CCc1cccc(/C=N/NC(=O)CN2CCCN(Cc3ccccc3)CC2)c1O. The molecule has 2 aromatic carbocycles. The number of carbonyl (C=O) groups is 2. The van der Waals surface area contributed by atoms with Gasteiger partial charge in [-0.25, -0.2) is 10.2 Å². The molecule has 8 nitrogen and oxygen atoms in total. The van der Waals surface area contributed by atoms with Gasteiger partial charge in [0.05, 0.1) is 12.8 Å². The van der Waals surface area contributed by atoms with E-state index in [9.17, 15) is 14.7 Å². The number of para-hydroxylation sites is 1. The number of hydrogen-bond acceptors (Lipinski definition) is 6. The van der Waals surface area contributed by atoms with Crippen LogP contribution in [0.15, 0.2) is 78.4 Å². The third-order valence-electron chi connectivity index (χ3n) is 5.51. The van der Waals surface area contributed by atoms with Crippen molar-refractivity contribution in [2.45, 2.75) is 26.3 Å². The van der Waals surface area contributed by atoms with Crippen LogP contribution in [-0.4, -0.2) is 70.8 Å².